The molecular formula is C12H22N4OS. The molecule has 0 amide bonds. The van der Waals surface area contributed by atoms with Crippen LogP contribution in [0.5, 0.6) is 0 Å². The van der Waals surface area contributed by atoms with Gasteiger partial charge in [-0.2, -0.15) is 0 Å². The molecule has 0 atom stereocenters. The molecule has 2 N–H and O–H groups in total. The Labute approximate surface area is 112 Å². The van der Waals surface area contributed by atoms with E-state index in [0.717, 1.165) is 23.3 Å². The Hall–Kier alpha value is -0.590. The van der Waals surface area contributed by atoms with E-state index < -0.39 is 0 Å². The van der Waals surface area contributed by atoms with Gasteiger partial charge in [0.2, 0.25) is 0 Å². The molecule has 1 saturated carbocycles. The van der Waals surface area contributed by atoms with Crippen LogP contribution < -0.4 is 5.73 Å². The lowest BCUT2D eigenvalue weighted by Gasteiger charge is -2.19. The Morgan fingerprint density at radius 1 is 1.39 bits per heavy atom. The predicted molar refractivity (Wildman–Crippen MR) is 72.6 cm³/mol. The number of rotatable bonds is 6. The normalized spacial score (nSPS) is 16.2. The lowest BCUT2D eigenvalue weighted by atomic mass is 10.2. The number of ether oxygens (including phenoxy) is 1. The first-order valence-corrected chi connectivity index (χ1v) is 7.40. The van der Waals surface area contributed by atoms with Crippen LogP contribution in [-0.2, 0) is 11.3 Å². The van der Waals surface area contributed by atoms with E-state index in [4.69, 9.17) is 10.5 Å². The van der Waals surface area contributed by atoms with Crippen molar-refractivity contribution >= 4 is 11.8 Å². The summed E-state index contributed by atoms with van der Waals surface area (Å²) in [5.74, 6) is 1.80. The molecule has 1 heterocycles. The van der Waals surface area contributed by atoms with Crippen LogP contribution in [0.15, 0.2) is 5.16 Å². The van der Waals surface area contributed by atoms with Crippen LogP contribution in [-0.4, -0.2) is 32.7 Å². The van der Waals surface area contributed by atoms with Crippen molar-refractivity contribution in [1.29, 1.82) is 0 Å². The first kappa shape index (κ1) is 13.8. The van der Waals surface area contributed by atoms with Crippen LogP contribution >= 0.6 is 11.8 Å². The average molecular weight is 270 g/mol. The molecule has 0 aliphatic heterocycles. The highest BCUT2D eigenvalue weighted by Crippen LogP contribution is 2.38. The van der Waals surface area contributed by atoms with Crippen molar-refractivity contribution in [2.24, 2.45) is 5.73 Å². The number of aromatic nitrogens is 3. The van der Waals surface area contributed by atoms with Crippen LogP contribution in [0, 0.1) is 0 Å². The quantitative estimate of drug-likeness (QED) is 0.632. The first-order chi connectivity index (χ1) is 8.51. The molecule has 102 valence electrons. The van der Waals surface area contributed by atoms with Gasteiger partial charge in [0.05, 0.1) is 18.8 Å². The SMILES string of the molecule is CC(C)(C)OCCSc1nnc(CN)n1C1CC1. The molecular weight excluding hydrogens is 248 g/mol. The lowest BCUT2D eigenvalue weighted by molar-refractivity contribution is 0.00692. The summed E-state index contributed by atoms with van der Waals surface area (Å²) in [6.07, 6.45) is 2.44. The highest BCUT2D eigenvalue weighted by Gasteiger charge is 2.29. The summed E-state index contributed by atoms with van der Waals surface area (Å²) in [4.78, 5) is 0. The van der Waals surface area contributed by atoms with Crippen molar-refractivity contribution in [3.8, 4) is 0 Å². The van der Waals surface area contributed by atoms with Crippen LogP contribution in [0.1, 0.15) is 45.5 Å². The highest BCUT2D eigenvalue weighted by molar-refractivity contribution is 7.99. The van der Waals surface area contributed by atoms with Gasteiger partial charge < -0.3 is 15.0 Å². The Bertz CT molecular complexity index is 395. The molecule has 6 heteroatoms. The summed E-state index contributed by atoms with van der Waals surface area (Å²) >= 11 is 1.70. The van der Waals surface area contributed by atoms with Gasteiger partial charge in [-0.25, -0.2) is 0 Å². The second kappa shape index (κ2) is 5.59. The van der Waals surface area contributed by atoms with Crippen molar-refractivity contribution in [2.75, 3.05) is 12.4 Å². The summed E-state index contributed by atoms with van der Waals surface area (Å²) in [6, 6.07) is 0.574. The van der Waals surface area contributed by atoms with Crippen LogP contribution in [0.25, 0.3) is 0 Å². The number of thioether (sulfide) groups is 1. The minimum absolute atomic E-state index is 0.0762. The lowest BCUT2D eigenvalue weighted by Crippen LogP contribution is -2.20. The summed E-state index contributed by atoms with van der Waals surface area (Å²) in [5.41, 5.74) is 5.61. The van der Waals surface area contributed by atoms with Crippen molar-refractivity contribution < 1.29 is 4.74 Å². The van der Waals surface area contributed by atoms with E-state index in [2.05, 4.69) is 35.5 Å². The molecule has 1 aliphatic carbocycles. The Morgan fingerprint density at radius 2 is 2.11 bits per heavy atom. The van der Waals surface area contributed by atoms with Gasteiger partial charge in [-0.05, 0) is 33.6 Å². The van der Waals surface area contributed by atoms with Crippen molar-refractivity contribution in [2.45, 2.75) is 57.0 Å². The largest absolute Gasteiger partial charge is 0.375 e. The fourth-order valence-corrected chi connectivity index (χ4v) is 2.57. The molecule has 1 fully saturated rings. The van der Waals surface area contributed by atoms with Gasteiger partial charge in [0.15, 0.2) is 5.16 Å². The standard InChI is InChI=1S/C12H22N4OS/c1-12(2,3)17-6-7-18-11-15-14-10(8-13)16(11)9-4-5-9/h9H,4-8,13H2,1-3H3. The van der Waals surface area contributed by atoms with E-state index in [1.54, 1.807) is 11.8 Å². The van der Waals surface area contributed by atoms with Crippen molar-refractivity contribution in [3.05, 3.63) is 5.82 Å². The first-order valence-electron chi connectivity index (χ1n) is 6.42. The Balaban J connectivity index is 1.87. The van der Waals surface area contributed by atoms with Gasteiger partial charge in [-0.15, -0.1) is 10.2 Å². The maximum absolute atomic E-state index is 5.70. The van der Waals surface area contributed by atoms with Crippen molar-refractivity contribution in [3.63, 3.8) is 0 Å². The molecule has 0 bridgehead atoms. The zero-order chi connectivity index (χ0) is 13.2. The maximum Gasteiger partial charge on any atom is 0.191 e. The minimum Gasteiger partial charge on any atom is -0.375 e. The van der Waals surface area contributed by atoms with Crippen molar-refractivity contribution in [1.82, 2.24) is 14.8 Å². The molecule has 0 aromatic carbocycles. The van der Waals surface area contributed by atoms with E-state index in [0.29, 0.717) is 12.6 Å². The molecule has 2 rings (SSSR count). The number of hydrogen-bond donors (Lipinski definition) is 1. The Morgan fingerprint density at radius 3 is 2.67 bits per heavy atom. The van der Waals surface area contributed by atoms with Gasteiger partial charge in [-0.1, -0.05) is 11.8 Å². The predicted octanol–water partition coefficient (Wildman–Crippen LogP) is 1.98. The minimum atomic E-state index is -0.0762. The molecule has 0 saturated heterocycles. The molecule has 5 nitrogen and oxygen atoms in total. The fourth-order valence-electron chi connectivity index (χ4n) is 1.73. The van der Waals surface area contributed by atoms with E-state index in [-0.39, 0.29) is 5.60 Å². The molecule has 0 radical (unpaired) electrons. The number of nitrogens with two attached hydrogens (primary N) is 1. The zero-order valence-electron chi connectivity index (χ0n) is 11.3. The van der Waals surface area contributed by atoms with Gasteiger partial charge in [0.1, 0.15) is 5.82 Å². The second-order valence-electron chi connectivity index (χ2n) is 5.51. The molecule has 18 heavy (non-hydrogen) atoms. The molecule has 0 spiro atoms. The molecule has 1 aromatic rings. The Kier molecular flexibility index (Phi) is 4.29. The topological polar surface area (TPSA) is 66.0 Å². The highest BCUT2D eigenvalue weighted by atomic mass is 32.2. The average Bonchev–Trinajstić information content (AvgIpc) is 3.04. The number of nitrogens with zero attached hydrogens (tertiary/aromatic N) is 3. The summed E-state index contributed by atoms with van der Waals surface area (Å²) in [7, 11) is 0. The van der Waals surface area contributed by atoms with Crippen LogP contribution in [0.2, 0.25) is 0 Å². The molecule has 1 aromatic heterocycles. The zero-order valence-corrected chi connectivity index (χ0v) is 12.2. The van der Waals surface area contributed by atoms with E-state index in [9.17, 15) is 0 Å². The van der Waals surface area contributed by atoms with E-state index in [1.807, 2.05) is 0 Å². The van der Waals surface area contributed by atoms with E-state index >= 15 is 0 Å². The third-order valence-electron chi connectivity index (χ3n) is 2.68. The molecule has 0 unspecified atom stereocenters. The van der Waals surface area contributed by atoms with Gasteiger partial charge in [-0.3, -0.25) is 0 Å². The third-order valence-corrected chi connectivity index (χ3v) is 3.59. The summed E-state index contributed by atoms with van der Waals surface area (Å²) in [6.45, 7) is 7.39. The van der Waals surface area contributed by atoms with Gasteiger partial charge in [0.25, 0.3) is 0 Å². The smallest absolute Gasteiger partial charge is 0.191 e. The summed E-state index contributed by atoms with van der Waals surface area (Å²) < 4.78 is 7.89. The van der Waals surface area contributed by atoms with E-state index in [1.165, 1.54) is 12.8 Å². The van der Waals surface area contributed by atoms with Crippen LogP contribution in [0.3, 0.4) is 0 Å². The monoisotopic (exact) mass is 270 g/mol. The van der Waals surface area contributed by atoms with Gasteiger partial charge >= 0.3 is 0 Å². The molecule has 1 aliphatic rings. The van der Waals surface area contributed by atoms with Crippen LogP contribution in [0.4, 0.5) is 0 Å². The summed E-state index contributed by atoms with van der Waals surface area (Å²) in [5, 5.41) is 9.35. The number of hydrogen-bond acceptors (Lipinski definition) is 5. The second-order valence-corrected chi connectivity index (χ2v) is 6.58. The fraction of sp³-hybridized carbons (Fsp3) is 0.833. The third kappa shape index (κ3) is 3.70. The van der Waals surface area contributed by atoms with Gasteiger partial charge in [0, 0.05) is 11.8 Å². The maximum atomic E-state index is 5.70.